The van der Waals surface area contributed by atoms with Gasteiger partial charge in [0.15, 0.2) is 0 Å². The Hall–Kier alpha value is -1.14. The monoisotopic (exact) mass is 312 g/mol. The van der Waals surface area contributed by atoms with Crippen molar-refractivity contribution < 1.29 is 14.3 Å². The average Bonchev–Trinajstić information content (AvgIpc) is 2.49. The number of ether oxygens (including phenoxy) is 2. The molecular weight excluding hydrogens is 292 g/mol. The summed E-state index contributed by atoms with van der Waals surface area (Å²) in [5, 5.41) is 3.48. The Labute approximate surface area is 130 Å². The predicted octanol–water partition coefficient (Wildman–Crippen LogP) is 2.15. The second kappa shape index (κ2) is 8.34. The fourth-order valence-electron chi connectivity index (χ4n) is 2.17. The summed E-state index contributed by atoms with van der Waals surface area (Å²) in [6.07, 6.45) is 0.337. The number of hydrogen-bond donors (Lipinski definition) is 1. The van der Waals surface area contributed by atoms with Gasteiger partial charge in [0.1, 0.15) is 0 Å². The van der Waals surface area contributed by atoms with Gasteiger partial charge in [-0.15, -0.1) is 0 Å². The van der Waals surface area contributed by atoms with Crippen LogP contribution in [0.15, 0.2) is 18.2 Å². The number of amides is 1. The Bertz CT molecular complexity index is 476. The van der Waals surface area contributed by atoms with Gasteiger partial charge in [-0.1, -0.05) is 17.7 Å². The first kappa shape index (κ1) is 16.2. The molecule has 1 aliphatic rings. The summed E-state index contributed by atoms with van der Waals surface area (Å²) < 4.78 is 10.2. The summed E-state index contributed by atoms with van der Waals surface area (Å²) in [4.78, 5) is 13.9. The number of nitrogens with zero attached hydrogens (tertiary/aromatic N) is 1. The van der Waals surface area contributed by atoms with Crippen LogP contribution in [0.2, 0.25) is 5.02 Å². The number of methoxy groups -OCH3 is 1. The molecule has 1 heterocycles. The van der Waals surface area contributed by atoms with E-state index in [1.807, 2.05) is 12.1 Å². The maximum atomic E-state index is 11.6. The van der Waals surface area contributed by atoms with Gasteiger partial charge in [0, 0.05) is 37.5 Å². The molecule has 0 atom stereocenters. The lowest BCUT2D eigenvalue weighted by Crippen LogP contribution is -2.35. The Kier molecular flexibility index (Phi) is 6.45. The van der Waals surface area contributed by atoms with E-state index >= 15 is 0 Å². The Morgan fingerprint density at radius 3 is 2.86 bits per heavy atom. The molecule has 1 aromatic carbocycles. The Balaban J connectivity index is 1.91. The molecule has 1 aliphatic heterocycles. The van der Waals surface area contributed by atoms with Crippen molar-refractivity contribution in [2.45, 2.75) is 13.0 Å². The molecule has 1 saturated heterocycles. The second-order valence-electron chi connectivity index (χ2n) is 4.99. The summed E-state index contributed by atoms with van der Waals surface area (Å²) in [7, 11) is 1.57. The zero-order valence-electron chi connectivity index (χ0n) is 12.2. The second-order valence-corrected chi connectivity index (χ2v) is 5.39. The molecule has 5 nitrogen and oxygen atoms in total. The van der Waals surface area contributed by atoms with E-state index in [1.165, 1.54) is 0 Å². The molecule has 0 aliphatic carbocycles. The number of rotatable bonds is 6. The van der Waals surface area contributed by atoms with E-state index in [0.717, 1.165) is 38.4 Å². The molecule has 1 amide bonds. The summed E-state index contributed by atoms with van der Waals surface area (Å²) >= 11 is 6.30. The molecule has 0 radical (unpaired) electrons. The van der Waals surface area contributed by atoms with Crippen LogP contribution in [-0.2, 0) is 20.8 Å². The van der Waals surface area contributed by atoms with Gasteiger partial charge in [0.2, 0.25) is 5.91 Å². The fourth-order valence-corrected chi connectivity index (χ4v) is 2.41. The van der Waals surface area contributed by atoms with E-state index in [9.17, 15) is 4.79 Å². The minimum atomic E-state index is -0.0751. The molecule has 0 aromatic heterocycles. The van der Waals surface area contributed by atoms with Crippen molar-refractivity contribution in [2.75, 3.05) is 45.3 Å². The number of benzene rings is 1. The van der Waals surface area contributed by atoms with E-state index in [2.05, 4.69) is 10.2 Å². The molecule has 2 rings (SSSR count). The average molecular weight is 313 g/mol. The minimum Gasteiger partial charge on any atom is -0.384 e. The lowest BCUT2D eigenvalue weighted by molar-refractivity contribution is -0.117. The van der Waals surface area contributed by atoms with Gasteiger partial charge in [0.25, 0.3) is 0 Å². The highest BCUT2D eigenvalue weighted by Gasteiger charge is 2.13. The van der Waals surface area contributed by atoms with E-state index in [0.29, 0.717) is 23.7 Å². The molecule has 1 fully saturated rings. The molecule has 116 valence electrons. The van der Waals surface area contributed by atoms with Crippen LogP contribution in [0.25, 0.3) is 0 Å². The van der Waals surface area contributed by atoms with Crippen molar-refractivity contribution in [1.29, 1.82) is 0 Å². The van der Waals surface area contributed by atoms with E-state index in [1.54, 1.807) is 13.2 Å². The first-order valence-electron chi connectivity index (χ1n) is 7.06. The third-order valence-electron chi connectivity index (χ3n) is 3.37. The third-order valence-corrected chi connectivity index (χ3v) is 3.72. The lowest BCUT2D eigenvalue weighted by Gasteiger charge is -2.27. The van der Waals surface area contributed by atoms with Crippen LogP contribution in [-0.4, -0.2) is 50.8 Å². The standard InChI is InChI=1S/C15H21ClN2O3/c1-20-7-4-15(19)17-13-3-2-12(14(16)10-13)11-18-5-8-21-9-6-18/h2-3,10H,4-9,11H2,1H3,(H,17,19). The van der Waals surface area contributed by atoms with Crippen LogP contribution in [0.5, 0.6) is 0 Å². The van der Waals surface area contributed by atoms with E-state index < -0.39 is 0 Å². The van der Waals surface area contributed by atoms with Gasteiger partial charge < -0.3 is 14.8 Å². The van der Waals surface area contributed by atoms with Gasteiger partial charge >= 0.3 is 0 Å². The smallest absolute Gasteiger partial charge is 0.226 e. The lowest BCUT2D eigenvalue weighted by atomic mass is 10.2. The van der Waals surface area contributed by atoms with Crippen molar-refractivity contribution in [1.82, 2.24) is 4.90 Å². The van der Waals surface area contributed by atoms with Gasteiger partial charge in [0.05, 0.1) is 26.2 Å². The zero-order chi connectivity index (χ0) is 15.1. The largest absolute Gasteiger partial charge is 0.384 e. The van der Waals surface area contributed by atoms with Crippen LogP contribution in [0.4, 0.5) is 5.69 Å². The highest BCUT2D eigenvalue weighted by molar-refractivity contribution is 6.31. The van der Waals surface area contributed by atoms with Gasteiger partial charge in [-0.2, -0.15) is 0 Å². The van der Waals surface area contributed by atoms with Crippen LogP contribution in [0.1, 0.15) is 12.0 Å². The number of morpholine rings is 1. The van der Waals surface area contributed by atoms with Gasteiger partial charge in [-0.3, -0.25) is 9.69 Å². The third kappa shape index (κ3) is 5.28. The van der Waals surface area contributed by atoms with Crippen molar-refractivity contribution >= 4 is 23.2 Å². The number of nitrogens with one attached hydrogen (secondary N) is 1. The van der Waals surface area contributed by atoms with Crippen molar-refractivity contribution in [3.63, 3.8) is 0 Å². The number of halogens is 1. The van der Waals surface area contributed by atoms with Crippen LogP contribution < -0.4 is 5.32 Å². The van der Waals surface area contributed by atoms with Crippen LogP contribution in [0.3, 0.4) is 0 Å². The maximum absolute atomic E-state index is 11.6. The topological polar surface area (TPSA) is 50.8 Å². The highest BCUT2D eigenvalue weighted by Crippen LogP contribution is 2.23. The summed E-state index contributed by atoms with van der Waals surface area (Å²) in [5.74, 6) is -0.0751. The number of carbonyl (C=O) groups excluding carboxylic acids is 1. The van der Waals surface area contributed by atoms with Crippen molar-refractivity contribution in [3.8, 4) is 0 Å². The molecule has 1 N–H and O–H groups in total. The van der Waals surface area contributed by atoms with E-state index in [-0.39, 0.29) is 5.91 Å². The van der Waals surface area contributed by atoms with Crippen LogP contribution >= 0.6 is 11.6 Å². The predicted molar refractivity (Wildman–Crippen MR) is 82.7 cm³/mol. The molecule has 0 unspecified atom stereocenters. The SMILES string of the molecule is COCCC(=O)Nc1ccc(CN2CCOCC2)c(Cl)c1. The van der Waals surface area contributed by atoms with E-state index in [4.69, 9.17) is 21.1 Å². The molecule has 0 spiro atoms. The van der Waals surface area contributed by atoms with Crippen molar-refractivity contribution in [3.05, 3.63) is 28.8 Å². The number of anilines is 1. The summed E-state index contributed by atoms with van der Waals surface area (Å²) in [6.45, 7) is 4.60. The molecular formula is C15H21ClN2O3. The van der Waals surface area contributed by atoms with Crippen molar-refractivity contribution in [2.24, 2.45) is 0 Å². The number of hydrogen-bond acceptors (Lipinski definition) is 4. The Morgan fingerprint density at radius 2 is 2.19 bits per heavy atom. The number of carbonyl (C=O) groups is 1. The molecule has 6 heteroatoms. The van der Waals surface area contributed by atoms with Crippen LogP contribution in [0, 0.1) is 0 Å². The normalized spacial score (nSPS) is 15.9. The first-order valence-corrected chi connectivity index (χ1v) is 7.44. The fraction of sp³-hybridized carbons (Fsp3) is 0.533. The molecule has 0 bridgehead atoms. The minimum absolute atomic E-state index is 0.0751. The Morgan fingerprint density at radius 1 is 1.43 bits per heavy atom. The quantitative estimate of drug-likeness (QED) is 0.874. The molecule has 21 heavy (non-hydrogen) atoms. The molecule has 0 saturated carbocycles. The maximum Gasteiger partial charge on any atom is 0.226 e. The summed E-state index contributed by atoms with van der Waals surface area (Å²) in [6, 6.07) is 5.64. The first-order chi connectivity index (χ1) is 10.2. The van der Waals surface area contributed by atoms with Gasteiger partial charge in [-0.05, 0) is 17.7 Å². The zero-order valence-corrected chi connectivity index (χ0v) is 13.0. The summed E-state index contributed by atoms with van der Waals surface area (Å²) in [5.41, 5.74) is 1.78. The molecule has 1 aromatic rings. The highest BCUT2D eigenvalue weighted by atomic mass is 35.5. The van der Waals surface area contributed by atoms with Gasteiger partial charge in [-0.25, -0.2) is 0 Å².